The van der Waals surface area contributed by atoms with Crippen molar-refractivity contribution in [3.8, 4) is 0 Å². The van der Waals surface area contributed by atoms with Crippen LogP contribution in [0.1, 0.15) is 152 Å². The molecule has 1 saturated heterocycles. The van der Waals surface area contributed by atoms with Gasteiger partial charge in [-0.1, -0.05) is 86.0 Å². The number of hydrogen-bond donors (Lipinski definition) is 8. The van der Waals surface area contributed by atoms with Crippen LogP contribution < -0.4 is 32.3 Å². The van der Waals surface area contributed by atoms with E-state index in [4.69, 9.17) is 5.73 Å². The van der Waals surface area contributed by atoms with E-state index in [0.29, 0.717) is 12.8 Å². The maximum absolute atomic E-state index is 13.8. The number of primary amides is 1. The topological polar surface area (TPSA) is 249 Å². The Bertz CT molecular complexity index is 1310. The Morgan fingerprint density at radius 3 is 1.84 bits per heavy atom. The Labute approximate surface area is 340 Å². The zero-order chi connectivity index (χ0) is 43.3. The molecule has 2 unspecified atom stereocenters. The van der Waals surface area contributed by atoms with E-state index in [1.807, 2.05) is 27.7 Å². The normalized spacial score (nSPS) is 17.7. The molecule has 1 heterocycles. The minimum Gasteiger partial charge on any atom is -0.394 e. The molecule has 0 radical (unpaired) electrons. The van der Waals surface area contributed by atoms with E-state index in [0.717, 1.165) is 19.3 Å². The quantitative estimate of drug-likeness (QED) is 0.0539. The van der Waals surface area contributed by atoms with Crippen molar-refractivity contribution in [1.29, 1.82) is 0 Å². The molecule has 0 spiro atoms. The van der Waals surface area contributed by atoms with Gasteiger partial charge in [0.1, 0.15) is 29.7 Å². The molecule has 57 heavy (non-hydrogen) atoms. The highest BCUT2D eigenvalue weighted by atomic mass is 16.3. The summed E-state index contributed by atoms with van der Waals surface area (Å²) in [5.41, 5.74) is 3.93. The van der Waals surface area contributed by atoms with Crippen molar-refractivity contribution in [2.75, 3.05) is 13.2 Å². The van der Waals surface area contributed by atoms with Crippen LogP contribution in [-0.4, -0.2) is 111 Å². The summed E-state index contributed by atoms with van der Waals surface area (Å²) in [6, 6.07) is -5.18. The molecule has 0 bridgehead atoms. The molecule has 1 aliphatic heterocycles. The standard InChI is InChI=1S/C41H75N7O9/c1-9-10-11-12-13-14-15-16-17-18-35(52)47-41(7,8)40(57)48-24-30(50)23-33(48)39(56)46-32(22-27(4)5)38(55)43-28(6)36(53)45-31(19-20-34(42)51)37(54)44-29(25-49)21-26(2)3/h26-33,49-50H,9-25H2,1-8H3,(H2,42,51)(H,43,55)(H,44,54)(H,45,53)(H,46,56)(H,47,52)/t28-,29?,30?,31-,32-,33-/m0/s1. The number of nitrogens with one attached hydrogen (secondary N) is 5. The second-order valence-electron chi connectivity index (χ2n) is 17.1. The van der Waals surface area contributed by atoms with Crippen LogP contribution in [0.3, 0.4) is 0 Å². The summed E-state index contributed by atoms with van der Waals surface area (Å²) in [4.78, 5) is 93.0. The Morgan fingerprint density at radius 1 is 0.737 bits per heavy atom. The van der Waals surface area contributed by atoms with E-state index in [-0.39, 0.29) is 63.0 Å². The third-order valence-electron chi connectivity index (χ3n) is 10.1. The molecule has 16 nitrogen and oxygen atoms in total. The molecule has 1 fully saturated rings. The number of aliphatic hydroxyl groups excluding tert-OH is 2. The monoisotopic (exact) mass is 810 g/mol. The fourth-order valence-corrected chi connectivity index (χ4v) is 6.96. The summed E-state index contributed by atoms with van der Waals surface area (Å²) in [6.45, 7) is 13.8. The minimum atomic E-state index is -1.36. The van der Waals surface area contributed by atoms with Crippen LogP contribution in [0.25, 0.3) is 0 Å². The van der Waals surface area contributed by atoms with Gasteiger partial charge in [-0.05, 0) is 58.3 Å². The van der Waals surface area contributed by atoms with Crippen molar-refractivity contribution in [3.05, 3.63) is 0 Å². The number of nitrogens with two attached hydrogens (primary N) is 1. The molecule has 328 valence electrons. The second-order valence-corrected chi connectivity index (χ2v) is 17.1. The van der Waals surface area contributed by atoms with Gasteiger partial charge in [0, 0.05) is 25.8 Å². The van der Waals surface area contributed by atoms with Gasteiger partial charge in [0.15, 0.2) is 0 Å². The van der Waals surface area contributed by atoms with Crippen LogP contribution in [0.2, 0.25) is 0 Å². The first-order chi connectivity index (χ1) is 26.7. The minimum absolute atomic E-state index is 0.0715. The summed E-state index contributed by atoms with van der Waals surface area (Å²) in [7, 11) is 0. The van der Waals surface area contributed by atoms with Gasteiger partial charge in [0.2, 0.25) is 41.4 Å². The Hall–Kier alpha value is -3.79. The predicted molar refractivity (Wildman–Crippen MR) is 218 cm³/mol. The van der Waals surface area contributed by atoms with E-state index in [9.17, 15) is 43.8 Å². The first kappa shape index (κ1) is 51.2. The maximum Gasteiger partial charge on any atom is 0.248 e. The summed E-state index contributed by atoms with van der Waals surface area (Å²) in [5.74, 6) is -4.11. The number of carbonyl (C=O) groups is 7. The fraction of sp³-hybridized carbons (Fsp3) is 0.829. The average Bonchev–Trinajstić information content (AvgIpc) is 3.52. The molecular formula is C41H75N7O9. The zero-order valence-electron chi connectivity index (χ0n) is 35.9. The lowest BCUT2D eigenvalue weighted by Crippen LogP contribution is -2.60. The molecule has 0 aromatic rings. The van der Waals surface area contributed by atoms with Crippen LogP contribution in [0.15, 0.2) is 0 Å². The van der Waals surface area contributed by atoms with Gasteiger partial charge in [-0.25, -0.2) is 0 Å². The lowest BCUT2D eigenvalue weighted by molar-refractivity contribution is -0.145. The zero-order valence-corrected chi connectivity index (χ0v) is 35.9. The number of β-amino-alcohol motifs (C(OH)–C–C–N with tert-alkyl or cyclic N) is 1. The summed E-state index contributed by atoms with van der Waals surface area (Å²) >= 11 is 0. The van der Waals surface area contributed by atoms with Crippen LogP contribution in [-0.2, 0) is 33.6 Å². The Kier molecular flexibility index (Phi) is 23.6. The van der Waals surface area contributed by atoms with Crippen molar-refractivity contribution in [1.82, 2.24) is 31.5 Å². The molecule has 7 amide bonds. The molecule has 16 heteroatoms. The smallest absolute Gasteiger partial charge is 0.248 e. The van der Waals surface area contributed by atoms with Crippen molar-refractivity contribution >= 4 is 41.4 Å². The van der Waals surface area contributed by atoms with E-state index in [1.54, 1.807) is 13.8 Å². The highest BCUT2D eigenvalue weighted by Gasteiger charge is 2.45. The number of carbonyl (C=O) groups excluding carboxylic acids is 7. The van der Waals surface area contributed by atoms with Gasteiger partial charge in [0.25, 0.3) is 0 Å². The lowest BCUT2D eigenvalue weighted by atomic mass is 10.0. The Balaban J connectivity index is 2.93. The molecule has 0 saturated carbocycles. The number of amides is 7. The molecule has 1 rings (SSSR count). The van der Waals surface area contributed by atoms with Crippen molar-refractivity contribution < 1.29 is 43.8 Å². The third-order valence-corrected chi connectivity index (χ3v) is 10.1. The predicted octanol–water partition coefficient (Wildman–Crippen LogP) is 2.07. The molecule has 0 aromatic heterocycles. The number of nitrogens with zero attached hydrogens (tertiary/aromatic N) is 1. The van der Waals surface area contributed by atoms with E-state index in [1.165, 1.54) is 43.9 Å². The number of hydrogen-bond acceptors (Lipinski definition) is 9. The van der Waals surface area contributed by atoms with Gasteiger partial charge in [-0.3, -0.25) is 33.6 Å². The molecular weight excluding hydrogens is 734 g/mol. The molecule has 6 atom stereocenters. The van der Waals surface area contributed by atoms with Crippen LogP contribution >= 0.6 is 0 Å². The van der Waals surface area contributed by atoms with Crippen molar-refractivity contribution in [2.24, 2.45) is 17.6 Å². The summed E-state index contributed by atoms with van der Waals surface area (Å²) in [6.07, 6.45) is 9.50. The second kappa shape index (κ2) is 26.3. The van der Waals surface area contributed by atoms with Crippen LogP contribution in [0, 0.1) is 11.8 Å². The van der Waals surface area contributed by atoms with Crippen molar-refractivity contribution in [3.63, 3.8) is 0 Å². The summed E-state index contributed by atoms with van der Waals surface area (Å²) in [5, 5.41) is 33.6. The highest BCUT2D eigenvalue weighted by molar-refractivity contribution is 5.97. The molecule has 0 aliphatic carbocycles. The largest absolute Gasteiger partial charge is 0.394 e. The van der Waals surface area contributed by atoms with Gasteiger partial charge in [0.05, 0.1) is 18.8 Å². The summed E-state index contributed by atoms with van der Waals surface area (Å²) < 4.78 is 0. The van der Waals surface area contributed by atoms with Gasteiger partial charge < -0.3 is 47.4 Å². The molecule has 9 N–H and O–H groups in total. The highest BCUT2D eigenvalue weighted by Crippen LogP contribution is 2.23. The first-order valence-corrected chi connectivity index (χ1v) is 21.1. The van der Waals surface area contributed by atoms with Gasteiger partial charge >= 0.3 is 0 Å². The van der Waals surface area contributed by atoms with E-state index in [2.05, 4.69) is 33.5 Å². The molecule has 0 aromatic carbocycles. The van der Waals surface area contributed by atoms with Gasteiger partial charge in [-0.15, -0.1) is 0 Å². The van der Waals surface area contributed by atoms with E-state index >= 15 is 0 Å². The van der Waals surface area contributed by atoms with Crippen LogP contribution in [0.4, 0.5) is 0 Å². The number of aliphatic hydroxyl groups is 2. The molecule has 1 aliphatic rings. The van der Waals surface area contributed by atoms with E-state index < -0.39 is 77.3 Å². The van der Waals surface area contributed by atoms with Gasteiger partial charge in [-0.2, -0.15) is 0 Å². The first-order valence-electron chi connectivity index (χ1n) is 21.1. The maximum atomic E-state index is 13.8. The Morgan fingerprint density at radius 2 is 1.30 bits per heavy atom. The number of unbranched alkanes of at least 4 members (excludes halogenated alkanes) is 8. The number of rotatable bonds is 28. The fourth-order valence-electron chi connectivity index (χ4n) is 6.96. The lowest BCUT2D eigenvalue weighted by Gasteiger charge is -2.33. The number of likely N-dealkylation sites (tertiary alicyclic amines) is 1. The van der Waals surface area contributed by atoms with Crippen molar-refractivity contribution in [2.45, 2.75) is 194 Å². The average molecular weight is 810 g/mol. The third kappa shape index (κ3) is 20.0. The SMILES string of the molecule is CCCCCCCCCCCC(=O)NC(C)(C)C(=O)N1CC(O)C[C@H]1C(=O)N[C@@H](CC(C)C)C(=O)N[C@@H](C)C(=O)N[C@@H](CCC(N)=O)C(=O)NC(CO)CC(C)C. The van der Waals surface area contributed by atoms with Crippen LogP contribution in [0.5, 0.6) is 0 Å².